The van der Waals surface area contributed by atoms with Crippen LogP contribution in [-0.2, 0) is 22.6 Å². The summed E-state index contributed by atoms with van der Waals surface area (Å²) in [7, 11) is 0. The van der Waals surface area contributed by atoms with E-state index in [0.29, 0.717) is 26.1 Å². The summed E-state index contributed by atoms with van der Waals surface area (Å²) in [5.41, 5.74) is 0.674. The van der Waals surface area contributed by atoms with E-state index in [0.717, 1.165) is 28.5 Å². The van der Waals surface area contributed by atoms with Crippen molar-refractivity contribution in [3.05, 3.63) is 10.6 Å². The largest absolute Gasteiger partial charge is 0.360 e. The summed E-state index contributed by atoms with van der Waals surface area (Å²) >= 11 is 1.60. The molecular weight excluding hydrogens is 376 g/mol. The first-order valence-corrected chi connectivity index (χ1v) is 10.5. The quantitative estimate of drug-likeness (QED) is 0.623. The van der Waals surface area contributed by atoms with E-state index >= 15 is 0 Å². The van der Waals surface area contributed by atoms with E-state index in [4.69, 9.17) is 5.26 Å². The van der Waals surface area contributed by atoms with Crippen molar-refractivity contribution in [1.82, 2.24) is 20.5 Å². The second kappa shape index (κ2) is 8.55. The average Bonchev–Trinajstić information content (AvgIpc) is 3.30. The second-order valence-electron chi connectivity index (χ2n) is 8.10. The van der Waals surface area contributed by atoms with Crippen LogP contribution in [0.2, 0.25) is 0 Å². The van der Waals surface area contributed by atoms with Gasteiger partial charge >= 0.3 is 0 Å². The molecule has 1 unspecified atom stereocenters. The molecule has 0 radical (unpaired) electrons. The molecule has 3 N–H and O–H groups in total. The monoisotopic (exact) mass is 404 g/mol. The highest BCUT2D eigenvalue weighted by Gasteiger charge is 2.30. The van der Waals surface area contributed by atoms with Crippen molar-refractivity contribution in [1.29, 1.82) is 5.26 Å². The third kappa shape index (κ3) is 4.87. The number of ketones is 1. The third-order valence-corrected chi connectivity index (χ3v) is 6.35. The highest BCUT2D eigenvalue weighted by Crippen LogP contribution is 2.27. The van der Waals surface area contributed by atoms with Crippen molar-refractivity contribution in [2.45, 2.75) is 64.2 Å². The first kappa shape index (κ1) is 20.7. The summed E-state index contributed by atoms with van der Waals surface area (Å²) in [5.74, 6) is 0.114. The van der Waals surface area contributed by atoms with E-state index in [-0.39, 0.29) is 35.9 Å². The van der Waals surface area contributed by atoms with Crippen molar-refractivity contribution < 1.29 is 9.59 Å². The molecule has 1 amide bonds. The molecule has 2 atom stereocenters. The number of nitrogens with one attached hydrogen (secondary N) is 3. The van der Waals surface area contributed by atoms with Crippen molar-refractivity contribution >= 4 is 28.2 Å². The standard InChI is InChI=1S/C19H28N6O2S/c1-12(26)14-7-15-16(9-21-14)28-18(24-15)22-11-19(2,3)23-10-17(27)25-6-4-5-13(25)8-20/h13-14,21,23H,4-7,9-11H2,1-3H3,(H,22,24)/t13-,14?/m0/s1. The number of nitriles is 1. The number of aromatic nitrogens is 1. The Kier molecular flexibility index (Phi) is 6.33. The van der Waals surface area contributed by atoms with Crippen LogP contribution < -0.4 is 16.0 Å². The Balaban J connectivity index is 1.49. The lowest BCUT2D eigenvalue weighted by molar-refractivity contribution is -0.130. The first-order chi connectivity index (χ1) is 13.3. The highest BCUT2D eigenvalue weighted by atomic mass is 32.1. The first-order valence-electron chi connectivity index (χ1n) is 9.69. The van der Waals surface area contributed by atoms with Crippen LogP contribution in [0, 0.1) is 11.3 Å². The Labute approximate surface area is 169 Å². The maximum absolute atomic E-state index is 12.4. The Morgan fingerprint density at radius 1 is 1.46 bits per heavy atom. The Hall–Kier alpha value is -2.02. The molecule has 1 saturated heterocycles. The maximum Gasteiger partial charge on any atom is 0.237 e. The molecule has 9 heteroatoms. The lowest BCUT2D eigenvalue weighted by Gasteiger charge is -2.28. The van der Waals surface area contributed by atoms with E-state index in [2.05, 4.69) is 27.0 Å². The lowest BCUT2D eigenvalue weighted by atomic mass is 10.0. The molecule has 3 heterocycles. The molecule has 0 spiro atoms. The van der Waals surface area contributed by atoms with Gasteiger partial charge in [0.2, 0.25) is 5.91 Å². The van der Waals surface area contributed by atoms with Gasteiger partial charge in [0.25, 0.3) is 0 Å². The van der Waals surface area contributed by atoms with Gasteiger partial charge in [0.05, 0.1) is 24.3 Å². The van der Waals surface area contributed by atoms with Gasteiger partial charge in [0, 0.05) is 36.5 Å². The summed E-state index contributed by atoms with van der Waals surface area (Å²) in [6.07, 6.45) is 2.29. The zero-order valence-corrected chi connectivity index (χ0v) is 17.5. The molecule has 2 aliphatic rings. The molecule has 152 valence electrons. The molecule has 0 saturated carbocycles. The van der Waals surface area contributed by atoms with E-state index in [1.165, 1.54) is 0 Å². The predicted octanol–water partition coefficient (Wildman–Crippen LogP) is 1.04. The number of hydrogen-bond donors (Lipinski definition) is 3. The van der Waals surface area contributed by atoms with Gasteiger partial charge in [-0.2, -0.15) is 5.26 Å². The van der Waals surface area contributed by atoms with Crippen molar-refractivity contribution in [3.63, 3.8) is 0 Å². The van der Waals surface area contributed by atoms with Crippen molar-refractivity contribution in [2.75, 3.05) is 25.0 Å². The number of fused-ring (bicyclic) bond motifs is 1. The number of anilines is 1. The number of carbonyl (C=O) groups is 2. The van der Waals surface area contributed by atoms with Gasteiger partial charge in [0.1, 0.15) is 11.8 Å². The summed E-state index contributed by atoms with van der Waals surface area (Å²) < 4.78 is 0. The molecule has 1 fully saturated rings. The SMILES string of the molecule is CC(=O)C1Cc2nc(NCC(C)(C)NCC(=O)N3CCC[C@H]3C#N)sc2CN1. The minimum absolute atomic E-state index is 0.0248. The van der Waals surface area contributed by atoms with Crippen LogP contribution >= 0.6 is 11.3 Å². The minimum Gasteiger partial charge on any atom is -0.360 e. The Bertz CT molecular complexity index is 784. The van der Waals surface area contributed by atoms with Crippen LogP contribution in [0.1, 0.15) is 44.2 Å². The topological polar surface area (TPSA) is 110 Å². The molecule has 0 aliphatic carbocycles. The molecule has 2 aliphatic heterocycles. The molecule has 0 aromatic carbocycles. The summed E-state index contributed by atoms with van der Waals surface area (Å²) in [6, 6.07) is 1.77. The lowest BCUT2D eigenvalue weighted by Crippen LogP contribution is -2.50. The third-order valence-electron chi connectivity index (χ3n) is 5.30. The average molecular weight is 405 g/mol. The van der Waals surface area contributed by atoms with Crippen LogP contribution in [0.4, 0.5) is 5.13 Å². The van der Waals surface area contributed by atoms with Crippen LogP contribution in [-0.4, -0.2) is 58.8 Å². The second-order valence-corrected chi connectivity index (χ2v) is 9.19. The minimum atomic E-state index is -0.316. The van der Waals surface area contributed by atoms with Crippen LogP contribution in [0.5, 0.6) is 0 Å². The number of carbonyl (C=O) groups excluding carboxylic acids is 2. The zero-order chi connectivity index (χ0) is 20.3. The van der Waals surface area contributed by atoms with Gasteiger partial charge < -0.3 is 20.9 Å². The Morgan fingerprint density at radius 2 is 2.25 bits per heavy atom. The molecule has 1 aromatic heterocycles. The number of thiazole rings is 1. The summed E-state index contributed by atoms with van der Waals surface area (Å²) in [4.78, 5) is 31.5. The zero-order valence-electron chi connectivity index (χ0n) is 16.7. The van der Waals surface area contributed by atoms with Gasteiger partial charge in [-0.1, -0.05) is 0 Å². The van der Waals surface area contributed by atoms with E-state index in [9.17, 15) is 9.59 Å². The van der Waals surface area contributed by atoms with E-state index < -0.39 is 0 Å². The molecule has 3 rings (SSSR count). The van der Waals surface area contributed by atoms with E-state index in [1.54, 1.807) is 23.2 Å². The smallest absolute Gasteiger partial charge is 0.237 e. The fourth-order valence-corrected chi connectivity index (χ4v) is 4.44. The number of hydrogen-bond acceptors (Lipinski definition) is 8. The van der Waals surface area contributed by atoms with Crippen LogP contribution in [0.15, 0.2) is 0 Å². The van der Waals surface area contributed by atoms with Gasteiger partial charge in [-0.05, 0) is 33.6 Å². The number of amides is 1. The highest BCUT2D eigenvalue weighted by molar-refractivity contribution is 7.15. The molecular formula is C19H28N6O2S. The van der Waals surface area contributed by atoms with Crippen LogP contribution in [0.25, 0.3) is 0 Å². The summed E-state index contributed by atoms with van der Waals surface area (Å²) in [5, 5.41) is 19.9. The molecule has 0 bridgehead atoms. The Morgan fingerprint density at radius 3 is 2.96 bits per heavy atom. The summed E-state index contributed by atoms with van der Waals surface area (Å²) in [6.45, 7) is 7.82. The van der Waals surface area contributed by atoms with Gasteiger partial charge in [0.15, 0.2) is 5.13 Å². The molecule has 28 heavy (non-hydrogen) atoms. The van der Waals surface area contributed by atoms with Crippen molar-refractivity contribution in [2.24, 2.45) is 0 Å². The molecule has 8 nitrogen and oxygen atoms in total. The fourth-order valence-electron chi connectivity index (χ4n) is 3.50. The normalized spacial score (nSPS) is 21.9. The number of nitrogens with zero attached hydrogens (tertiary/aromatic N) is 3. The van der Waals surface area contributed by atoms with Crippen LogP contribution in [0.3, 0.4) is 0 Å². The van der Waals surface area contributed by atoms with E-state index in [1.807, 2.05) is 13.8 Å². The number of likely N-dealkylation sites (tertiary alicyclic amines) is 1. The van der Waals surface area contributed by atoms with Gasteiger partial charge in [-0.15, -0.1) is 11.3 Å². The fraction of sp³-hybridized carbons (Fsp3) is 0.684. The maximum atomic E-state index is 12.4. The number of rotatable bonds is 7. The molecule has 1 aromatic rings. The van der Waals surface area contributed by atoms with Crippen molar-refractivity contribution in [3.8, 4) is 6.07 Å². The van der Waals surface area contributed by atoms with Gasteiger partial charge in [-0.25, -0.2) is 4.98 Å². The predicted molar refractivity (Wildman–Crippen MR) is 108 cm³/mol. The number of Topliss-reactive ketones (excluding diaryl/α,β-unsaturated/α-hetero) is 1. The van der Waals surface area contributed by atoms with Gasteiger partial charge in [-0.3, -0.25) is 9.59 Å².